The van der Waals surface area contributed by atoms with Crippen LogP contribution in [0.5, 0.6) is 0 Å². The maximum absolute atomic E-state index is 13.0. The van der Waals surface area contributed by atoms with Crippen LogP contribution >= 0.6 is 0 Å². The van der Waals surface area contributed by atoms with Gasteiger partial charge in [-0.25, -0.2) is 9.97 Å². The number of aromatic nitrogens is 6. The number of rotatable bonds is 4. The van der Waals surface area contributed by atoms with Gasteiger partial charge in [-0.15, -0.1) is 0 Å². The fourth-order valence-corrected chi connectivity index (χ4v) is 4.05. The van der Waals surface area contributed by atoms with Crippen molar-refractivity contribution in [2.75, 3.05) is 6.54 Å². The lowest BCUT2D eigenvalue weighted by molar-refractivity contribution is 0.0727. The third-order valence-electron chi connectivity index (χ3n) is 5.93. The number of fused-ring (bicyclic) bond motifs is 1. The van der Waals surface area contributed by atoms with Crippen molar-refractivity contribution < 1.29 is 4.79 Å². The Morgan fingerprint density at radius 2 is 1.97 bits per heavy atom. The predicted octanol–water partition coefficient (Wildman–Crippen LogP) is 2.30. The maximum atomic E-state index is 13.0. The Morgan fingerprint density at radius 3 is 2.69 bits per heavy atom. The molecule has 1 saturated carbocycles. The normalized spacial score (nSPS) is 16.2. The Kier molecular flexibility index (Phi) is 4.22. The molecular weight excluding hydrogens is 366 g/mol. The molecule has 0 atom stereocenters. The van der Waals surface area contributed by atoms with Crippen LogP contribution in [-0.4, -0.2) is 46.7 Å². The highest BCUT2D eigenvalue weighted by atomic mass is 16.2. The van der Waals surface area contributed by atoms with E-state index in [0.29, 0.717) is 18.8 Å². The van der Waals surface area contributed by atoms with Crippen molar-refractivity contribution in [2.45, 2.75) is 46.2 Å². The molecule has 3 aromatic rings. The van der Waals surface area contributed by atoms with Gasteiger partial charge >= 0.3 is 0 Å². The highest BCUT2D eigenvalue weighted by Gasteiger charge is 2.31. The molecule has 0 radical (unpaired) electrons. The van der Waals surface area contributed by atoms with E-state index in [4.69, 9.17) is 5.10 Å². The van der Waals surface area contributed by atoms with Gasteiger partial charge in [0.1, 0.15) is 11.4 Å². The average Bonchev–Trinajstić information content (AvgIpc) is 3.40. The zero-order chi connectivity index (χ0) is 20.1. The fraction of sp³-hybridized carbons (Fsp3) is 0.476. The van der Waals surface area contributed by atoms with Crippen LogP contribution in [0.4, 0.5) is 0 Å². The van der Waals surface area contributed by atoms with E-state index in [1.165, 1.54) is 18.5 Å². The van der Waals surface area contributed by atoms with Gasteiger partial charge in [-0.05, 0) is 32.6 Å². The molecule has 2 aliphatic rings. The molecular formula is C21H25N7O. The van der Waals surface area contributed by atoms with Crippen molar-refractivity contribution in [1.82, 2.24) is 34.2 Å². The van der Waals surface area contributed by atoms with Crippen molar-refractivity contribution in [3.8, 4) is 11.5 Å². The van der Waals surface area contributed by atoms with Crippen molar-refractivity contribution in [3.05, 3.63) is 46.9 Å². The van der Waals surface area contributed by atoms with Crippen LogP contribution in [0.15, 0.2) is 18.6 Å². The zero-order valence-corrected chi connectivity index (χ0v) is 17.1. The summed E-state index contributed by atoms with van der Waals surface area (Å²) in [4.78, 5) is 28.0. The first-order chi connectivity index (χ1) is 14.0. The minimum absolute atomic E-state index is 0.0875. The van der Waals surface area contributed by atoms with Gasteiger partial charge in [-0.1, -0.05) is 0 Å². The van der Waals surface area contributed by atoms with E-state index >= 15 is 0 Å². The molecule has 1 aliphatic heterocycles. The van der Waals surface area contributed by atoms with Gasteiger partial charge in [0, 0.05) is 55.9 Å². The molecule has 0 unspecified atom stereocenters. The summed E-state index contributed by atoms with van der Waals surface area (Å²) in [6.45, 7) is 6.12. The fourth-order valence-electron chi connectivity index (χ4n) is 4.05. The van der Waals surface area contributed by atoms with E-state index in [2.05, 4.69) is 26.4 Å². The first-order valence-corrected chi connectivity index (χ1v) is 10.2. The molecule has 0 bridgehead atoms. The molecule has 3 aromatic heterocycles. The summed E-state index contributed by atoms with van der Waals surface area (Å²) in [5.41, 5.74) is 5.51. The summed E-state index contributed by atoms with van der Waals surface area (Å²) in [6, 6.07) is 0. The minimum Gasteiger partial charge on any atom is -0.332 e. The molecule has 0 aromatic carbocycles. The Labute approximate surface area is 169 Å². The first kappa shape index (κ1) is 18.0. The second kappa shape index (κ2) is 6.79. The predicted molar refractivity (Wildman–Crippen MR) is 107 cm³/mol. The Balaban J connectivity index is 1.48. The first-order valence-electron chi connectivity index (χ1n) is 10.2. The van der Waals surface area contributed by atoms with E-state index in [1.807, 2.05) is 29.7 Å². The largest absolute Gasteiger partial charge is 0.332 e. The van der Waals surface area contributed by atoms with Gasteiger partial charge in [0.25, 0.3) is 5.91 Å². The highest BCUT2D eigenvalue weighted by molar-refractivity contribution is 5.92. The van der Waals surface area contributed by atoms with E-state index in [9.17, 15) is 4.79 Å². The molecule has 1 amide bonds. The molecule has 0 saturated heterocycles. The molecule has 0 N–H and O–H groups in total. The summed E-state index contributed by atoms with van der Waals surface area (Å²) in [5.74, 6) is 1.57. The number of hydrogen-bond acceptors (Lipinski definition) is 5. The van der Waals surface area contributed by atoms with Crippen molar-refractivity contribution in [3.63, 3.8) is 0 Å². The van der Waals surface area contributed by atoms with Crippen molar-refractivity contribution in [2.24, 2.45) is 13.0 Å². The Morgan fingerprint density at radius 1 is 1.14 bits per heavy atom. The summed E-state index contributed by atoms with van der Waals surface area (Å²) in [7, 11) is 1.98. The van der Waals surface area contributed by atoms with Gasteiger partial charge in [0.05, 0.1) is 18.4 Å². The SMILES string of the molecule is Cc1cnc(C(=O)N2CCc3c(c(-c4ncc(C)n4CC4CC4)nn3C)C2)cn1. The zero-order valence-electron chi connectivity index (χ0n) is 17.1. The van der Waals surface area contributed by atoms with Crippen LogP contribution in [-0.2, 0) is 26.6 Å². The van der Waals surface area contributed by atoms with Crippen LogP contribution in [0.2, 0.25) is 0 Å². The Hall–Kier alpha value is -3.03. The van der Waals surface area contributed by atoms with E-state index in [0.717, 1.165) is 47.4 Å². The van der Waals surface area contributed by atoms with Gasteiger partial charge in [0.15, 0.2) is 5.82 Å². The summed E-state index contributed by atoms with van der Waals surface area (Å²) >= 11 is 0. The highest BCUT2D eigenvalue weighted by Crippen LogP contribution is 2.35. The van der Waals surface area contributed by atoms with Crippen molar-refractivity contribution in [1.29, 1.82) is 0 Å². The van der Waals surface area contributed by atoms with E-state index in [-0.39, 0.29) is 5.91 Å². The van der Waals surface area contributed by atoms with Gasteiger partial charge in [-0.2, -0.15) is 5.10 Å². The Bertz CT molecular complexity index is 1080. The lowest BCUT2D eigenvalue weighted by Gasteiger charge is -2.27. The molecule has 1 fully saturated rings. The van der Waals surface area contributed by atoms with Gasteiger partial charge < -0.3 is 9.47 Å². The van der Waals surface area contributed by atoms with Crippen LogP contribution in [0.3, 0.4) is 0 Å². The molecule has 0 spiro atoms. The van der Waals surface area contributed by atoms with Crippen LogP contribution < -0.4 is 0 Å². The monoisotopic (exact) mass is 391 g/mol. The summed E-state index contributed by atoms with van der Waals surface area (Å²) in [5, 5.41) is 4.81. The number of imidazole rings is 1. The number of hydrogen-bond donors (Lipinski definition) is 0. The second-order valence-corrected chi connectivity index (χ2v) is 8.19. The lowest BCUT2D eigenvalue weighted by atomic mass is 10.0. The van der Waals surface area contributed by atoms with Crippen molar-refractivity contribution >= 4 is 5.91 Å². The van der Waals surface area contributed by atoms with Crippen LogP contribution in [0.1, 0.15) is 46.0 Å². The standard InChI is InChI=1S/C21H25N7O/c1-13-8-23-17(10-22-13)21(29)27-7-6-18-16(12-27)19(25-26(18)3)20-24-9-14(2)28(20)11-15-4-5-15/h8-10,15H,4-7,11-12H2,1-3H3. The molecule has 1 aliphatic carbocycles. The average molecular weight is 391 g/mol. The molecule has 4 heterocycles. The number of carbonyl (C=O) groups excluding carboxylic acids is 1. The van der Waals surface area contributed by atoms with Gasteiger partial charge in [0.2, 0.25) is 0 Å². The topological polar surface area (TPSA) is 81.7 Å². The third kappa shape index (κ3) is 3.22. The van der Waals surface area contributed by atoms with Gasteiger partial charge in [-0.3, -0.25) is 14.5 Å². The molecule has 8 nitrogen and oxygen atoms in total. The molecule has 8 heteroatoms. The van der Waals surface area contributed by atoms with E-state index in [1.54, 1.807) is 12.4 Å². The molecule has 150 valence electrons. The summed E-state index contributed by atoms with van der Waals surface area (Å²) in [6.07, 6.45) is 8.46. The maximum Gasteiger partial charge on any atom is 0.274 e. The van der Waals surface area contributed by atoms with Crippen LogP contribution in [0.25, 0.3) is 11.5 Å². The number of carbonyl (C=O) groups is 1. The molecule has 5 rings (SSSR count). The quantitative estimate of drug-likeness (QED) is 0.682. The van der Waals surface area contributed by atoms with Crippen LogP contribution in [0, 0.1) is 19.8 Å². The van der Waals surface area contributed by atoms with E-state index < -0.39 is 0 Å². The molecule has 29 heavy (non-hydrogen) atoms. The number of amides is 1. The minimum atomic E-state index is -0.0875. The third-order valence-corrected chi connectivity index (χ3v) is 5.93. The summed E-state index contributed by atoms with van der Waals surface area (Å²) < 4.78 is 4.23. The lowest BCUT2D eigenvalue weighted by Crippen LogP contribution is -2.36. The number of aryl methyl sites for hydroxylation is 3. The number of nitrogens with zero attached hydrogens (tertiary/aromatic N) is 7. The smallest absolute Gasteiger partial charge is 0.274 e. The second-order valence-electron chi connectivity index (χ2n) is 8.19.